The Hall–Kier alpha value is -2.01. The summed E-state index contributed by atoms with van der Waals surface area (Å²) in [5.41, 5.74) is 0.857. The van der Waals surface area contributed by atoms with Gasteiger partial charge in [0.15, 0.2) is 0 Å². The molecule has 0 heterocycles. The fraction of sp³-hybridized carbons (Fsp3) is 0.500. The molecule has 0 bridgehead atoms. The first kappa shape index (κ1) is 21.0. The lowest BCUT2D eigenvalue weighted by Crippen LogP contribution is -2.42. The number of sulfonamides is 1. The normalized spacial score (nSPS) is 13.2. The number of alkyl halides is 3. The molecular formula is C14H20F3N3O4S. The van der Waals surface area contributed by atoms with Crippen LogP contribution in [-0.4, -0.2) is 46.1 Å². The first-order valence-electron chi connectivity index (χ1n) is 7.21. The molecule has 1 unspecified atom stereocenters. The van der Waals surface area contributed by atoms with Gasteiger partial charge in [-0.15, -0.1) is 0 Å². The van der Waals surface area contributed by atoms with Gasteiger partial charge in [0.1, 0.15) is 6.61 Å². The number of benzene rings is 1. The van der Waals surface area contributed by atoms with E-state index < -0.39 is 34.9 Å². The van der Waals surface area contributed by atoms with E-state index in [0.717, 1.165) is 6.26 Å². The van der Waals surface area contributed by atoms with Crippen molar-refractivity contribution in [3.8, 4) is 0 Å². The van der Waals surface area contributed by atoms with Gasteiger partial charge in [0, 0.05) is 6.54 Å². The maximum Gasteiger partial charge on any atom is 0.411 e. The van der Waals surface area contributed by atoms with E-state index in [1.165, 1.54) is 6.92 Å². The number of urea groups is 1. The molecule has 0 fully saturated rings. The standard InChI is InChI=1S/C14H20F3N3O4S/c1-10(8-24-9-14(15,16)17)19-13(21)18-7-11-5-3-4-6-12(11)20-25(2,22)23/h3-6,10,20H,7-9H2,1-2H3,(H2,18,19,21). The zero-order chi connectivity index (χ0) is 19.1. The second kappa shape index (κ2) is 8.90. The highest BCUT2D eigenvalue weighted by atomic mass is 32.2. The highest BCUT2D eigenvalue weighted by molar-refractivity contribution is 7.92. The quantitative estimate of drug-likeness (QED) is 0.638. The summed E-state index contributed by atoms with van der Waals surface area (Å²) >= 11 is 0. The Morgan fingerprint density at radius 2 is 1.92 bits per heavy atom. The molecule has 1 atom stereocenters. The van der Waals surface area contributed by atoms with Crippen LogP contribution in [0.1, 0.15) is 12.5 Å². The monoisotopic (exact) mass is 383 g/mol. The molecule has 0 aliphatic heterocycles. The SMILES string of the molecule is CC(COCC(F)(F)F)NC(=O)NCc1ccccc1NS(C)(=O)=O. The van der Waals surface area contributed by atoms with Crippen LogP contribution < -0.4 is 15.4 Å². The van der Waals surface area contributed by atoms with Gasteiger partial charge >= 0.3 is 12.2 Å². The molecule has 0 saturated carbocycles. The molecule has 0 spiro atoms. The number of nitrogens with one attached hydrogen (secondary N) is 3. The summed E-state index contributed by atoms with van der Waals surface area (Å²) in [5.74, 6) is 0. The van der Waals surface area contributed by atoms with E-state index in [0.29, 0.717) is 11.3 Å². The van der Waals surface area contributed by atoms with E-state index in [1.807, 2.05) is 0 Å². The molecule has 7 nitrogen and oxygen atoms in total. The third kappa shape index (κ3) is 9.77. The first-order chi connectivity index (χ1) is 11.5. The van der Waals surface area contributed by atoms with Gasteiger partial charge in [-0.1, -0.05) is 18.2 Å². The fourth-order valence-corrected chi connectivity index (χ4v) is 2.42. The summed E-state index contributed by atoms with van der Waals surface area (Å²) in [7, 11) is -3.47. The van der Waals surface area contributed by atoms with E-state index >= 15 is 0 Å². The van der Waals surface area contributed by atoms with E-state index in [9.17, 15) is 26.4 Å². The third-order valence-electron chi connectivity index (χ3n) is 2.76. The molecule has 0 aliphatic rings. The molecule has 11 heteroatoms. The van der Waals surface area contributed by atoms with Gasteiger partial charge in [0.2, 0.25) is 10.0 Å². The highest BCUT2D eigenvalue weighted by Crippen LogP contribution is 2.16. The van der Waals surface area contributed by atoms with Gasteiger partial charge in [-0.2, -0.15) is 13.2 Å². The summed E-state index contributed by atoms with van der Waals surface area (Å²) in [6, 6.07) is 5.24. The highest BCUT2D eigenvalue weighted by Gasteiger charge is 2.27. The van der Waals surface area contributed by atoms with E-state index in [1.54, 1.807) is 24.3 Å². The number of rotatable bonds is 8. The average molecular weight is 383 g/mol. The Morgan fingerprint density at radius 1 is 1.28 bits per heavy atom. The summed E-state index contributed by atoms with van der Waals surface area (Å²) in [6.45, 7) is -0.153. The molecule has 2 amide bonds. The summed E-state index contributed by atoms with van der Waals surface area (Å²) in [5, 5.41) is 4.92. The van der Waals surface area contributed by atoms with E-state index in [4.69, 9.17) is 0 Å². The zero-order valence-electron chi connectivity index (χ0n) is 13.7. The second-order valence-corrected chi connectivity index (χ2v) is 7.14. The number of hydrogen-bond donors (Lipinski definition) is 3. The van der Waals surface area contributed by atoms with Gasteiger partial charge in [-0.05, 0) is 18.6 Å². The predicted molar refractivity (Wildman–Crippen MR) is 86.6 cm³/mol. The van der Waals surface area contributed by atoms with Crippen LogP contribution in [0.5, 0.6) is 0 Å². The van der Waals surface area contributed by atoms with Gasteiger partial charge in [-0.25, -0.2) is 13.2 Å². The molecule has 1 aromatic carbocycles. The number of anilines is 1. The second-order valence-electron chi connectivity index (χ2n) is 5.39. The average Bonchev–Trinajstić information content (AvgIpc) is 2.43. The van der Waals surface area contributed by atoms with Crippen molar-refractivity contribution >= 4 is 21.7 Å². The topological polar surface area (TPSA) is 96.5 Å². The third-order valence-corrected chi connectivity index (χ3v) is 3.35. The Kier molecular flexibility index (Phi) is 7.49. The van der Waals surface area contributed by atoms with Gasteiger partial charge < -0.3 is 15.4 Å². The minimum atomic E-state index is -4.42. The molecule has 0 aromatic heterocycles. The summed E-state index contributed by atoms with van der Waals surface area (Å²) in [4.78, 5) is 11.7. The van der Waals surface area contributed by atoms with Crippen LogP contribution >= 0.6 is 0 Å². The molecule has 3 N–H and O–H groups in total. The van der Waals surface area contributed by atoms with Gasteiger partial charge in [0.05, 0.1) is 24.6 Å². The lowest BCUT2D eigenvalue weighted by atomic mass is 10.2. The van der Waals surface area contributed by atoms with Crippen LogP contribution in [0, 0.1) is 0 Å². The minimum absolute atomic E-state index is 0.0284. The molecule has 0 radical (unpaired) electrons. The zero-order valence-corrected chi connectivity index (χ0v) is 14.5. The van der Waals surface area contributed by atoms with Crippen molar-refractivity contribution < 1.29 is 31.1 Å². The van der Waals surface area contributed by atoms with Crippen LogP contribution in [0.3, 0.4) is 0 Å². The number of carbonyl (C=O) groups excluding carboxylic acids is 1. The van der Waals surface area contributed by atoms with E-state index in [-0.39, 0.29) is 13.2 Å². The number of hydrogen-bond acceptors (Lipinski definition) is 4. The van der Waals surface area contributed by atoms with Crippen molar-refractivity contribution in [2.45, 2.75) is 25.7 Å². The maximum absolute atomic E-state index is 12.0. The van der Waals surface area contributed by atoms with Crippen molar-refractivity contribution in [3.05, 3.63) is 29.8 Å². The molecular weight excluding hydrogens is 363 g/mol. The van der Waals surface area contributed by atoms with Crippen molar-refractivity contribution in [1.29, 1.82) is 0 Å². The van der Waals surface area contributed by atoms with Crippen LogP contribution in [0.15, 0.2) is 24.3 Å². The number of amides is 2. The minimum Gasteiger partial charge on any atom is -0.370 e. The molecule has 0 aliphatic carbocycles. The number of carbonyl (C=O) groups is 1. The van der Waals surface area contributed by atoms with Crippen LogP contribution in [0.25, 0.3) is 0 Å². The Bertz CT molecular complexity index is 680. The van der Waals surface area contributed by atoms with E-state index in [2.05, 4.69) is 20.1 Å². The molecule has 1 rings (SSSR count). The molecule has 0 saturated heterocycles. The van der Waals surface area contributed by atoms with Crippen LogP contribution in [0.4, 0.5) is 23.7 Å². The molecule has 25 heavy (non-hydrogen) atoms. The van der Waals surface area contributed by atoms with Crippen molar-refractivity contribution in [1.82, 2.24) is 10.6 Å². The lowest BCUT2D eigenvalue weighted by Gasteiger charge is -2.16. The van der Waals surface area contributed by atoms with Crippen LogP contribution in [-0.2, 0) is 21.3 Å². The summed E-state index contributed by atoms with van der Waals surface area (Å²) < 4.78 is 65.3. The Labute approximate surface area is 144 Å². The summed E-state index contributed by atoms with van der Waals surface area (Å²) in [6.07, 6.45) is -3.41. The van der Waals surface area contributed by atoms with Gasteiger partial charge in [0.25, 0.3) is 0 Å². The lowest BCUT2D eigenvalue weighted by molar-refractivity contribution is -0.174. The number of para-hydroxylation sites is 1. The smallest absolute Gasteiger partial charge is 0.370 e. The largest absolute Gasteiger partial charge is 0.411 e. The van der Waals surface area contributed by atoms with Crippen molar-refractivity contribution in [2.24, 2.45) is 0 Å². The van der Waals surface area contributed by atoms with Gasteiger partial charge in [-0.3, -0.25) is 4.72 Å². The fourth-order valence-electron chi connectivity index (χ4n) is 1.82. The van der Waals surface area contributed by atoms with Crippen molar-refractivity contribution in [3.63, 3.8) is 0 Å². The van der Waals surface area contributed by atoms with Crippen molar-refractivity contribution in [2.75, 3.05) is 24.2 Å². The molecule has 142 valence electrons. The Balaban J connectivity index is 2.46. The maximum atomic E-state index is 12.0. The number of ether oxygens (including phenoxy) is 1. The van der Waals surface area contributed by atoms with Crippen LogP contribution in [0.2, 0.25) is 0 Å². The predicted octanol–water partition coefficient (Wildman–Crippen LogP) is 1.82. The molecule has 1 aromatic rings. The first-order valence-corrected chi connectivity index (χ1v) is 9.10. The Morgan fingerprint density at radius 3 is 2.52 bits per heavy atom. The number of halogens is 3.